The Balaban J connectivity index is 1.75. The van der Waals surface area contributed by atoms with Crippen LogP contribution in [0.2, 0.25) is 0 Å². The summed E-state index contributed by atoms with van der Waals surface area (Å²) >= 11 is 0. The van der Waals surface area contributed by atoms with Gasteiger partial charge in [0.2, 0.25) is 0 Å². The molecule has 1 heterocycles. The maximum Gasteiger partial charge on any atom is 0.269 e. The van der Waals surface area contributed by atoms with Crippen molar-refractivity contribution in [1.82, 2.24) is 0 Å². The molecule has 1 N–H and O–H groups in total. The number of hydrogen-bond acceptors (Lipinski definition) is 4. The standard InChI is InChI=1S/C13H16N2O3/c16-13-6-1-9-7-14(8-12(9)13)10-2-4-11(5-3-10)15(17)18/h2-5,9,12-13,16H,1,6-8H2. The van der Waals surface area contributed by atoms with Gasteiger partial charge in [-0.1, -0.05) is 0 Å². The molecular formula is C13H16N2O3. The van der Waals surface area contributed by atoms with E-state index in [1.807, 2.05) is 0 Å². The van der Waals surface area contributed by atoms with E-state index >= 15 is 0 Å². The van der Waals surface area contributed by atoms with E-state index in [2.05, 4.69) is 4.90 Å². The molecule has 2 fully saturated rings. The van der Waals surface area contributed by atoms with Crippen molar-refractivity contribution in [3.63, 3.8) is 0 Å². The molecule has 0 amide bonds. The van der Waals surface area contributed by atoms with Gasteiger partial charge in [-0.15, -0.1) is 0 Å². The Bertz CT molecular complexity index is 460. The molecule has 0 bridgehead atoms. The summed E-state index contributed by atoms with van der Waals surface area (Å²) in [7, 11) is 0. The smallest absolute Gasteiger partial charge is 0.269 e. The Kier molecular flexibility index (Phi) is 2.70. The molecule has 0 spiro atoms. The van der Waals surface area contributed by atoms with E-state index in [-0.39, 0.29) is 16.7 Å². The van der Waals surface area contributed by atoms with Crippen LogP contribution < -0.4 is 4.90 Å². The lowest BCUT2D eigenvalue weighted by atomic mass is 10.00. The highest BCUT2D eigenvalue weighted by atomic mass is 16.6. The molecule has 3 unspecified atom stereocenters. The van der Waals surface area contributed by atoms with Gasteiger partial charge in [-0.25, -0.2) is 0 Å². The Morgan fingerprint density at radius 2 is 1.94 bits per heavy atom. The predicted octanol–water partition coefficient (Wildman–Crippen LogP) is 1.80. The van der Waals surface area contributed by atoms with Crippen molar-refractivity contribution in [3.8, 4) is 0 Å². The molecule has 3 atom stereocenters. The van der Waals surface area contributed by atoms with Crippen molar-refractivity contribution in [1.29, 1.82) is 0 Å². The minimum absolute atomic E-state index is 0.123. The van der Waals surface area contributed by atoms with E-state index in [9.17, 15) is 15.2 Å². The number of non-ortho nitro benzene ring substituents is 1. The monoisotopic (exact) mass is 248 g/mol. The molecule has 0 aromatic heterocycles. The number of benzene rings is 1. The molecule has 5 heteroatoms. The molecule has 1 aromatic rings. The van der Waals surface area contributed by atoms with Crippen LogP contribution in [0.5, 0.6) is 0 Å². The highest BCUT2D eigenvalue weighted by molar-refractivity contribution is 5.52. The lowest BCUT2D eigenvalue weighted by molar-refractivity contribution is -0.384. The van der Waals surface area contributed by atoms with Crippen LogP contribution in [-0.4, -0.2) is 29.2 Å². The summed E-state index contributed by atoms with van der Waals surface area (Å²) in [6.45, 7) is 1.82. The SMILES string of the molecule is O=[N+]([O-])c1ccc(N2CC3CCC(O)C3C2)cc1. The summed E-state index contributed by atoms with van der Waals surface area (Å²) in [5.41, 5.74) is 1.14. The van der Waals surface area contributed by atoms with E-state index < -0.39 is 0 Å². The van der Waals surface area contributed by atoms with E-state index in [4.69, 9.17) is 0 Å². The zero-order valence-corrected chi connectivity index (χ0v) is 10.0. The summed E-state index contributed by atoms with van der Waals surface area (Å²) in [5.74, 6) is 0.954. The lowest BCUT2D eigenvalue weighted by Crippen LogP contribution is -2.24. The Hall–Kier alpha value is -1.62. The lowest BCUT2D eigenvalue weighted by Gasteiger charge is -2.20. The predicted molar refractivity (Wildman–Crippen MR) is 67.5 cm³/mol. The van der Waals surface area contributed by atoms with Crippen LogP contribution in [-0.2, 0) is 0 Å². The minimum atomic E-state index is -0.383. The average molecular weight is 248 g/mol. The first-order valence-corrected chi connectivity index (χ1v) is 6.32. The van der Waals surface area contributed by atoms with Gasteiger partial charge < -0.3 is 10.0 Å². The summed E-state index contributed by atoms with van der Waals surface area (Å²) < 4.78 is 0. The fraction of sp³-hybridized carbons (Fsp3) is 0.538. The average Bonchev–Trinajstić information content (AvgIpc) is 2.92. The number of fused-ring (bicyclic) bond motifs is 1. The third kappa shape index (κ3) is 1.84. The van der Waals surface area contributed by atoms with Crippen LogP contribution in [0.4, 0.5) is 11.4 Å². The number of nitro groups is 1. The summed E-state index contributed by atoms with van der Waals surface area (Å²) in [4.78, 5) is 12.4. The Labute approximate surface area is 105 Å². The first-order chi connectivity index (χ1) is 8.65. The van der Waals surface area contributed by atoms with E-state index in [0.717, 1.165) is 31.6 Å². The van der Waals surface area contributed by atoms with Crippen LogP contribution in [0.3, 0.4) is 0 Å². The summed E-state index contributed by atoms with van der Waals surface area (Å²) in [5, 5.41) is 20.5. The van der Waals surface area contributed by atoms with E-state index in [0.29, 0.717) is 11.8 Å². The highest BCUT2D eigenvalue weighted by Crippen LogP contribution is 2.39. The van der Waals surface area contributed by atoms with Crippen LogP contribution in [0.15, 0.2) is 24.3 Å². The van der Waals surface area contributed by atoms with Crippen molar-refractivity contribution < 1.29 is 10.0 Å². The fourth-order valence-electron chi connectivity index (χ4n) is 3.23. The number of hydrogen-bond donors (Lipinski definition) is 1. The molecule has 2 aliphatic rings. The Morgan fingerprint density at radius 1 is 1.22 bits per heavy atom. The third-order valence-electron chi connectivity index (χ3n) is 4.24. The van der Waals surface area contributed by atoms with Crippen LogP contribution in [0, 0.1) is 22.0 Å². The van der Waals surface area contributed by atoms with Gasteiger partial charge in [-0.3, -0.25) is 10.1 Å². The van der Waals surface area contributed by atoms with Crippen LogP contribution in [0.1, 0.15) is 12.8 Å². The zero-order chi connectivity index (χ0) is 12.7. The molecule has 1 saturated carbocycles. The van der Waals surface area contributed by atoms with Crippen molar-refractivity contribution in [2.45, 2.75) is 18.9 Å². The van der Waals surface area contributed by atoms with Crippen molar-refractivity contribution in [2.75, 3.05) is 18.0 Å². The molecule has 18 heavy (non-hydrogen) atoms. The number of anilines is 1. The topological polar surface area (TPSA) is 66.6 Å². The van der Waals surface area contributed by atoms with Gasteiger partial charge in [0.25, 0.3) is 5.69 Å². The second-order valence-corrected chi connectivity index (χ2v) is 5.25. The largest absolute Gasteiger partial charge is 0.393 e. The second-order valence-electron chi connectivity index (χ2n) is 5.25. The molecule has 1 aromatic carbocycles. The molecule has 1 saturated heterocycles. The zero-order valence-electron chi connectivity index (χ0n) is 10.0. The molecular weight excluding hydrogens is 232 g/mol. The Morgan fingerprint density at radius 3 is 2.56 bits per heavy atom. The van der Waals surface area contributed by atoms with Crippen LogP contribution in [0.25, 0.3) is 0 Å². The molecule has 1 aliphatic carbocycles. The number of nitrogens with zero attached hydrogens (tertiary/aromatic N) is 2. The number of aliphatic hydroxyl groups excluding tert-OH is 1. The van der Waals surface area contributed by atoms with Gasteiger partial charge in [-0.05, 0) is 30.9 Å². The maximum atomic E-state index is 10.6. The van der Waals surface area contributed by atoms with Gasteiger partial charge in [0, 0.05) is 36.8 Å². The van der Waals surface area contributed by atoms with Crippen molar-refractivity contribution in [2.24, 2.45) is 11.8 Å². The third-order valence-corrected chi connectivity index (χ3v) is 4.24. The quantitative estimate of drug-likeness (QED) is 0.640. The summed E-state index contributed by atoms with van der Waals surface area (Å²) in [6, 6.07) is 6.68. The minimum Gasteiger partial charge on any atom is -0.393 e. The molecule has 5 nitrogen and oxygen atoms in total. The number of aliphatic hydroxyl groups is 1. The highest BCUT2D eigenvalue weighted by Gasteiger charge is 2.41. The fourth-order valence-corrected chi connectivity index (χ4v) is 3.23. The van der Waals surface area contributed by atoms with Crippen molar-refractivity contribution in [3.05, 3.63) is 34.4 Å². The van der Waals surface area contributed by atoms with Gasteiger partial charge >= 0.3 is 0 Å². The second kappa shape index (κ2) is 4.24. The molecule has 0 radical (unpaired) electrons. The molecule has 3 rings (SSSR count). The van der Waals surface area contributed by atoms with Crippen molar-refractivity contribution >= 4 is 11.4 Å². The number of nitro benzene ring substituents is 1. The van der Waals surface area contributed by atoms with Gasteiger partial charge in [0.1, 0.15) is 0 Å². The maximum absolute atomic E-state index is 10.6. The van der Waals surface area contributed by atoms with E-state index in [1.165, 1.54) is 0 Å². The van der Waals surface area contributed by atoms with Gasteiger partial charge in [0.05, 0.1) is 11.0 Å². The molecule has 1 aliphatic heterocycles. The summed E-state index contributed by atoms with van der Waals surface area (Å²) in [6.07, 6.45) is 1.84. The first kappa shape index (κ1) is 11.5. The molecule has 96 valence electrons. The van der Waals surface area contributed by atoms with Crippen LogP contribution >= 0.6 is 0 Å². The first-order valence-electron chi connectivity index (χ1n) is 6.32. The van der Waals surface area contributed by atoms with E-state index in [1.54, 1.807) is 24.3 Å². The normalized spacial score (nSPS) is 30.5. The number of rotatable bonds is 2. The van der Waals surface area contributed by atoms with Gasteiger partial charge in [-0.2, -0.15) is 0 Å². The van der Waals surface area contributed by atoms with Gasteiger partial charge in [0.15, 0.2) is 0 Å².